The van der Waals surface area contributed by atoms with Gasteiger partial charge < -0.3 is 25.6 Å². The SMILES string of the molecule is C/C=C\CCCCC[C@H](NC(=O)[C@@H](NC(=O)c1cnccn1)C1CCCCC1)C(=O)N1C[C@H](OC(=O)N2Cc3cccc(Cl)c3C2)C[C@H]1C(=O)NC1(C(=O)NS(=O)(=O)C2CC2)CC1. The molecule has 3 heterocycles. The van der Waals surface area contributed by atoms with Crippen LogP contribution in [0, 0.1) is 5.92 Å². The monoisotopic (exact) mass is 908 g/mol. The summed E-state index contributed by atoms with van der Waals surface area (Å²) in [6.07, 6.45) is 15.0. The van der Waals surface area contributed by atoms with Crippen LogP contribution in [0.15, 0.2) is 48.9 Å². The van der Waals surface area contributed by atoms with E-state index in [1.807, 2.05) is 19.1 Å². The average molecular weight is 910 g/mol. The maximum absolute atomic E-state index is 15.0. The van der Waals surface area contributed by atoms with Gasteiger partial charge in [-0.1, -0.05) is 68.0 Å². The summed E-state index contributed by atoms with van der Waals surface area (Å²) in [7, 11) is -3.90. The predicted octanol–water partition coefficient (Wildman–Crippen LogP) is 4.20. The minimum Gasteiger partial charge on any atom is -0.444 e. The van der Waals surface area contributed by atoms with Gasteiger partial charge in [-0.05, 0) is 87.8 Å². The molecule has 19 heteroatoms. The first-order valence-electron chi connectivity index (χ1n) is 22.2. The number of nitrogens with one attached hydrogen (secondary N) is 4. The minimum absolute atomic E-state index is 0.0412. The van der Waals surface area contributed by atoms with Gasteiger partial charge in [0.2, 0.25) is 27.7 Å². The molecule has 1 aromatic heterocycles. The van der Waals surface area contributed by atoms with Crippen LogP contribution in [0.2, 0.25) is 5.02 Å². The Morgan fingerprint density at radius 2 is 1.76 bits per heavy atom. The molecule has 4 atom stereocenters. The van der Waals surface area contributed by atoms with Crippen LogP contribution >= 0.6 is 11.6 Å². The van der Waals surface area contributed by atoms with E-state index in [1.165, 1.54) is 28.4 Å². The summed E-state index contributed by atoms with van der Waals surface area (Å²) in [5.74, 6) is -3.48. The minimum atomic E-state index is -3.90. The van der Waals surface area contributed by atoms with Gasteiger partial charge in [0.05, 0.1) is 24.5 Å². The van der Waals surface area contributed by atoms with E-state index in [0.29, 0.717) is 37.1 Å². The van der Waals surface area contributed by atoms with Gasteiger partial charge in [0, 0.05) is 30.4 Å². The third-order valence-corrected chi connectivity index (χ3v) is 14.9. The number of carbonyl (C=O) groups is 6. The lowest BCUT2D eigenvalue weighted by atomic mass is 9.83. The van der Waals surface area contributed by atoms with Gasteiger partial charge in [-0.25, -0.2) is 18.2 Å². The van der Waals surface area contributed by atoms with Crippen LogP contribution in [0.3, 0.4) is 0 Å². The Bertz CT molecular complexity index is 2180. The van der Waals surface area contributed by atoms with Crippen LogP contribution in [-0.4, -0.2) is 105 Å². The first-order chi connectivity index (χ1) is 30.3. The molecule has 0 unspecified atom stereocenters. The summed E-state index contributed by atoms with van der Waals surface area (Å²) in [6, 6.07) is 2.04. The fourth-order valence-electron chi connectivity index (χ4n) is 8.81. The summed E-state index contributed by atoms with van der Waals surface area (Å²) in [5, 5.41) is 8.44. The standard InChI is InChI=1S/C44H57ClN8O9S/c1-2-3-4-5-6-10-16-34(48-40(56)37(28-12-8-7-9-13-28)49-38(54)35-24-46-21-22-47-35)41(57)53-26-30(62-43(59)52-25-29-14-11-15-33(45)32(29)27-52)23-36(53)39(55)50-44(19-20-44)42(58)51-63(60,61)31-17-18-31/h2-3,11,14-15,21-22,24,28,30-31,34,36-37H,4-10,12-13,16-20,23,25-27H2,1H3,(H,48,56)(H,49,54)(H,50,55)(H,51,58)/b3-2-/t30-,34+,36+,37+/m1/s1. The number of hydrogen-bond donors (Lipinski definition) is 4. The second-order valence-corrected chi connectivity index (χ2v) is 19.8. The molecule has 0 radical (unpaired) electrons. The fraction of sp³-hybridized carbons (Fsp3) is 0.591. The van der Waals surface area contributed by atoms with Gasteiger partial charge in [-0.15, -0.1) is 0 Å². The highest BCUT2D eigenvalue weighted by molar-refractivity contribution is 7.91. The third kappa shape index (κ3) is 11.4. The van der Waals surface area contributed by atoms with Crippen molar-refractivity contribution in [3.05, 3.63) is 70.8 Å². The van der Waals surface area contributed by atoms with Crippen molar-refractivity contribution in [2.45, 2.75) is 151 Å². The van der Waals surface area contributed by atoms with E-state index in [1.54, 1.807) is 12.1 Å². The van der Waals surface area contributed by atoms with Gasteiger partial charge in [0.15, 0.2) is 0 Å². The van der Waals surface area contributed by atoms with Crippen molar-refractivity contribution in [2.24, 2.45) is 5.92 Å². The normalized spacial score (nSPS) is 21.6. The van der Waals surface area contributed by atoms with Crippen molar-refractivity contribution in [2.75, 3.05) is 6.54 Å². The molecular weight excluding hydrogens is 852 g/mol. The molecule has 3 aliphatic carbocycles. The number of benzene rings is 1. The van der Waals surface area contributed by atoms with Crippen LogP contribution in [0.4, 0.5) is 4.79 Å². The smallest absolute Gasteiger partial charge is 0.410 e. The molecule has 17 nitrogen and oxygen atoms in total. The van der Waals surface area contributed by atoms with Crippen molar-refractivity contribution in [1.29, 1.82) is 0 Å². The quantitative estimate of drug-likeness (QED) is 0.123. The molecule has 2 aliphatic heterocycles. The molecule has 1 saturated heterocycles. The van der Waals surface area contributed by atoms with E-state index in [-0.39, 0.29) is 56.9 Å². The molecule has 4 fully saturated rings. The lowest BCUT2D eigenvalue weighted by Crippen LogP contribution is -2.59. The number of likely N-dealkylation sites (tertiary alicyclic amines) is 1. The van der Waals surface area contributed by atoms with Gasteiger partial charge in [0.1, 0.15) is 35.5 Å². The summed E-state index contributed by atoms with van der Waals surface area (Å²) in [6.45, 7) is 2.22. The fourth-order valence-corrected chi connectivity index (χ4v) is 10.4. The molecule has 3 saturated carbocycles. The zero-order valence-corrected chi connectivity index (χ0v) is 37.1. The lowest BCUT2D eigenvalue weighted by molar-refractivity contribution is -0.142. The van der Waals surface area contributed by atoms with Crippen LogP contribution < -0.4 is 20.7 Å². The molecule has 5 aliphatic rings. The number of rotatable bonds is 18. The number of amides is 6. The second-order valence-electron chi connectivity index (χ2n) is 17.4. The van der Waals surface area contributed by atoms with E-state index in [0.717, 1.165) is 49.7 Å². The molecule has 63 heavy (non-hydrogen) atoms. The van der Waals surface area contributed by atoms with E-state index < -0.39 is 80.7 Å². The van der Waals surface area contributed by atoms with Crippen LogP contribution in [0.1, 0.15) is 125 Å². The van der Waals surface area contributed by atoms with Crippen LogP contribution in [0.5, 0.6) is 0 Å². The van der Waals surface area contributed by atoms with Crippen molar-refractivity contribution in [1.82, 2.24) is 40.4 Å². The van der Waals surface area contributed by atoms with E-state index in [4.69, 9.17) is 16.3 Å². The molecule has 0 spiro atoms. The highest BCUT2D eigenvalue weighted by atomic mass is 35.5. The zero-order valence-electron chi connectivity index (χ0n) is 35.6. The number of unbranched alkanes of at least 4 members (excludes halogenated alkanes) is 3. The average Bonchev–Trinajstić information content (AvgIpc) is 4.20. The van der Waals surface area contributed by atoms with E-state index in [2.05, 4.69) is 36.7 Å². The molecule has 4 N–H and O–H groups in total. The number of aromatic nitrogens is 2. The Kier molecular flexibility index (Phi) is 14.7. The highest BCUT2D eigenvalue weighted by Gasteiger charge is 2.55. The van der Waals surface area contributed by atoms with Crippen molar-refractivity contribution in [3.8, 4) is 0 Å². The molecule has 7 rings (SSSR count). The van der Waals surface area contributed by atoms with E-state index in [9.17, 15) is 37.2 Å². The molecule has 6 amide bonds. The van der Waals surface area contributed by atoms with Crippen LogP contribution in [-0.2, 0) is 47.0 Å². The Morgan fingerprint density at radius 3 is 2.44 bits per heavy atom. The Morgan fingerprint density at radius 1 is 0.984 bits per heavy atom. The van der Waals surface area contributed by atoms with Crippen molar-refractivity contribution < 1.29 is 41.9 Å². The second kappa shape index (κ2) is 20.2. The largest absolute Gasteiger partial charge is 0.444 e. The molecule has 2 aromatic rings. The number of allylic oxidation sites excluding steroid dienone is 2. The van der Waals surface area contributed by atoms with Crippen LogP contribution in [0.25, 0.3) is 0 Å². The number of carbonyl (C=O) groups excluding carboxylic acids is 6. The van der Waals surface area contributed by atoms with Crippen molar-refractivity contribution in [3.63, 3.8) is 0 Å². The van der Waals surface area contributed by atoms with E-state index >= 15 is 0 Å². The Balaban J connectivity index is 1.12. The van der Waals surface area contributed by atoms with Gasteiger partial charge in [-0.2, -0.15) is 0 Å². The highest BCUT2D eigenvalue weighted by Crippen LogP contribution is 2.38. The summed E-state index contributed by atoms with van der Waals surface area (Å²) >= 11 is 6.41. The number of sulfonamides is 1. The topological polar surface area (TPSA) is 226 Å². The third-order valence-electron chi connectivity index (χ3n) is 12.7. The molecule has 340 valence electrons. The van der Waals surface area contributed by atoms with Gasteiger partial charge in [0.25, 0.3) is 11.8 Å². The number of hydrogen-bond acceptors (Lipinski definition) is 11. The van der Waals surface area contributed by atoms with Gasteiger partial charge >= 0.3 is 6.09 Å². The summed E-state index contributed by atoms with van der Waals surface area (Å²) in [4.78, 5) is 95.0. The lowest BCUT2D eigenvalue weighted by Gasteiger charge is -2.33. The number of fused-ring (bicyclic) bond motifs is 1. The Labute approximate surface area is 372 Å². The van der Waals surface area contributed by atoms with Crippen molar-refractivity contribution >= 4 is 57.3 Å². The number of ether oxygens (including phenoxy) is 1. The van der Waals surface area contributed by atoms with Gasteiger partial charge in [-0.3, -0.25) is 38.6 Å². The molecule has 1 aromatic carbocycles. The number of halogens is 1. The first kappa shape index (κ1) is 45.9. The maximum atomic E-state index is 15.0. The molecular formula is C44H57ClN8O9S. The Hall–Kier alpha value is -5.10. The maximum Gasteiger partial charge on any atom is 0.410 e. The number of nitrogens with zero attached hydrogens (tertiary/aromatic N) is 4. The summed E-state index contributed by atoms with van der Waals surface area (Å²) in [5.41, 5.74) is 0.231. The molecule has 0 bridgehead atoms. The zero-order chi connectivity index (χ0) is 44.7. The predicted molar refractivity (Wildman–Crippen MR) is 231 cm³/mol. The summed E-state index contributed by atoms with van der Waals surface area (Å²) < 4.78 is 33.5. The first-order valence-corrected chi connectivity index (χ1v) is 24.1.